The van der Waals surface area contributed by atoms with Crippen LogP contribution in [0.1, 0.15) is 20.3 Å². The summed E-state index contributed by atoms with van der Waals surface area (Å²) >= 11 is 0. The standard InChI is InChI=1S/C15H21NO5S/c1-11(21-13-6-4-12(20-3)5-7-13)14(17)16-15(2)8-9-22(18,19)10-15/h4-7,11H,8-10H2,1-3H3,(H,16,17)/t11-,15+/m0/s1. The smallest absolute Gasteiger partial charge is 0.261 e. The van der Waals surface area contributed by atoms with Gasteiger partial charge in [0.05, 0.1) is 24.2 Å². The van der Waals surface area contributed by atoms with Crippen LogP contribution >= 0.6 is 0 Å². The lowest BCUT2D eigenvalue weighted by atomic mass is 10.0. The van der Waals surface area contributed by atoms with Crippen molar-refractivity contribution in [1.82, 2.24) is 5.32 Å². The molecule has 6 nitrogen and oxygen atoms in total. The molecule has 0 saturated carbocycles. The van der Waals surface area contributed by atoms with E-state index in [2.05, 4.69) is 5.32 Å². The minimum Gasteiger partial charge on any atom is -0.497 e. The van der Waals surface area contributed by atoms with Crippen LogP contribution in [-0.4, -0.2) is 44.6 Å². The maximum atomic E-state index is 12.2. The quantitative estimate of drug-likeness (QED) is 0.877. The van der Waals surface area contributed by atoms with Crippen molar-refractivity contribution in [3.63, 3.8) is 0 Å². The van der Waals surface area contributed by atoms with Crippen LogP contribution in [0.15, 0.2) is 24.3 Å². The Hall–Kier alpha value is -1.76. The van der Waals surface area contributed by atoms with Crippen LogP contribution < -0.4 is 14.8 Å². The molecule has 7 heteroatoms. The van der Waals surface area contributed by atoms with E-state index in [0.29, 0.717) is 17.9 Å². The van der Waals surface area contributed by atoms with Crippen LogP contribution in [0.25, 0.3) is 0 Å². The Kier molecular flexibility index (Phi) is 4.65. The molecule has 1 aliphatic rings. The summed E-state index contributed by atoms with van der Waals surface area (Å²) in [5.74, 6) is 1.01. The van der Waals surface area contributed by atoms with E-state index in [0.717, 1.165) is 0 Å². The Balaban J connectivity index is 1.94. The van der Waals surface area contributed by atoms with Crippen molar-refractivity contribution in [2.45, 2.75) is 31.9 Å². The normalized spacial score (nSPS) is 24.5. The van der Waals surface area contributed by atoms with Gasteiger partial charge in [-0.3, -0.25) is 4.79 Å². The van der Waals surface area contributed by atoms with Crippen molar-refractivity contribution in [1.29, 1.82) is 0 Å². The number of carbonyl (C=O) groups excluding carboxylic acids is 1. The predicted molar refractivity (Wildman–Crippen MR) is 82.9 cm³/mol. The second-order valence-corrected chi connectivity index (χ2v) is 8.01. The van der Waals surface area contributed by atoms with Crippen molar-refractivity contribution in [2.24, 2.45) is 0 Å². The van der Waals surface area contributed by atoms with E-state index in [1.807, 2.05) is 0 Å². The van der Waals surface area contributed by atoms with Crippen LogP contribution in [0.4, 0.5) is 0 Å². The largest absolute Gasteiger partial charge is 0.497 e. The highest BCUT2D eigenvalue weighted by Crippen LogP contribution is 2.23. The molecule has 1 aliphatic heterocycles. The number of rotatable bonds is 5. The number of carbonyl (C=O) groups is 1. The zero-order valence-electron chi connectivity index (χ0n) is 13.0. The second kappa shape index (κ2) is 6.16. The maximum Gasteiger partial charge on any atom is 0.261 e. The first-order valence-corrected chi connectivity index (χ1v) is 8.88. The molecule has 0 aliphatic carbocycles. The molecule has 22 heavy (non-hydrogen) atoms. The highest BCUT2D eigenvalue weighted by Gasteiger charge is 2.40. The molecule has 1 aromatic rings. The third-order valence-corrected chi connectivity index (χ3v) is 5.57. The lowest BCUT2D eigenvalue weighted by molar-refractivity contribution is -0.128. The molecule has 1 N–H and O–H groups in total. The summed E-state index contributed by atoms with van der Waals surface area (Å²) in [6.45, 7) is 3.38. The van der Waals surface area contributed by atoms with Gasteiger partial charge < -0.3 is 14.8 Å². The minimum atomic E-state index is -3.06. The van der Waals surface area contributed by atoms with Crippen LogP contribution in [-0.2, 0) is 14.6 Å². The second-order valence-electron chi connectivity index (χ2n) is 5.83. The topological polar surface area (TPSA) is 81.7 Å². The Morgan fingerprint density at radius 3 is 2.36 bits per heavy atom. The zero-order valence-corrected chi connectivity index (χ0v) is 13.8. The summed E-state index contributed by atoms with van der Waals surface area (Å²) < 4.78 is 33.7. The molecule has 1 amide bonds. The molecule has 1 heterocycles. The molecule has 0 spiro atoms. The summed E-state index contributed by atoms with van der Waals surface area (Å²) in [6, 6.07) is 6.91. The van der Waals surface area contributed by atoms with Crippen LogP contribution in [0.5, 0.6) is 11.5 Å². The monoisotopic (exact) mass is 327 g/mol. The van der Waals surface area contributed by atoms with Gasteiger partial charge >= 0.3 is 0 Å². The molecule has 2 atom stereocenters. The number of amides is 1. The number of ether oxygens (including phenoxy) is 2. The van der Waals surface area contributed by atoms with Crippen molar-refractivity contribution in [3.8, 4) is 11.5 Å². The van der Waals surface area contributed by atoms with E-state index in [1.165, 1.54) is 0 Å². The third kappa shape index (κ3) is 4.13. The lowest BCUT2D eigenvalue weighted by Gasteiger charge is -2.26. The van der Waals surface area contributed by atoms with Gasteiger partial charge in [-0.25, -0.2) is 8.42 Å². The fourth-order valence-corrected chi connectivity index (χ4v) is 4.51. The van der Waals surface area contributed by atoms with Crippen molar-refractivity contribution >= 4 is 15.7 Å². The SMILES string of the molecule is COc1ccc(O[C@@H](C)C(=O)N[C@]2(C)CCS(=O)(=O)C2)cc1. The van der Waals surface area contributed by atoms with Gasteiger partial charge in [0, 0.05) is 0 Å². The van der Waals surface area contributed by atoms with Gasteiger partial charge in [0.1, 0.15) is 11.5 Å². The molecule has 0 bridgehead atoms. The number of nitrogens with one attached hydrogen (secondary N) is 1. The lowest BCUT2D eigenvalue weighted by Crippen LogP contribution is -2.51. The molecular formula is C15H21NO5S. The van der Waals surface area contributed by atoms with Gasteiger partial charge in [-0.1, -0.05) is 0 Å². The van der Waals surface area contributed by atoms with Crippen LogP contribution in [0.3, 0.4) is 0 Å². The summed E-state index contributed by atoms with van der Waals surface area (Å²) in [5, 5.41) is 2.79. The molecule has 0 aromatic heterocycles. The van der Waals surface area contributed by atoms with E-state index >= 15 is 0 Å². The average Bonchev–Trinajstić information content (AvgIpc) is 2.73. The first-order valence-electron chi connectivity index (χ1n) is 7.06. The van der Waals surface area contributed by atoms with E-state index < -0.39 is 21.5 Å². The molecule has 0 unspecified atom stereocenters. The van der Waals surface area contributed by atoms with E-state index in [9.17, 15) is 13.2 Å². The van der Waals surface area contributed by atoms with Gasteiger partial charge in [-0.2, -0.15) is 0 Å². The van der Waals surface area contributed by atoms with Gasteiger partial charge in [-0.15, -0.1) is 0 Å². The van der Waals surface area contributed by atoms with Gasteiger partial charge in [-0.05, 0) is 44.5 Å². The van der Waals surface area contributed by atoms with Gasteiger partial charge in [0.15, 0.2) is 15.9 Å². The molecule has 0 radical (unpaired) electrons. The molecular weight excluding hydrogens is 306 g/mol. The van der Waals surface area contributed by atoms with Crippen molar-refractivity contribution in [2.75, 3.05) is 18.6 Å². The number of methoxy groups -OCH3 is 1. The van der Waals surface area contributed by atoms with Gasteiger partial charge in [0.25, 0.3) is 5.91 Å². The van der Waals surface area contributed by atoms with Crippen LogP contribution in [0.2, 0.25) is 0 Å². The Labute approximate surface area is 130 Å². The van der Waals surface area contributed by atoms with E-state index in [4.69, 9.17) is 9.47 Å². The first-order chi connectivity index (χ1) is 10.2. The molecule has 2 rings (SSSR count). The Morgan fingerprint density at radius 1 is 1.27 bits per heavy atom. The summed E-state index contributed by atoms with van der Waals surface area (Å²) in [5.41, 5.74) is -0.715. The Morgan fingerprint density at radius 2 is 1.86 bits per heavy atom. The molecule has 1 aromatic carbocycles. The summed E-state index contributed by atoms with van der Waals surface area (Å²) in [7, 11) is -1.49. The fourth-order valence-electron chi connectivity index (χ4n) is 2.42. The molecule has 122 valence electrons. The summed E-state index contributed by atoms with van der Waals surface area (Å²) in [6.07, 6.45) is -0.287. The summed E-state index contributed by atoms with van der Waals surface area (Å²) in [4.78, 5) is 12.2. The Bertz CT molecular complexity index is 640. The number of sulfone groups is 1. The van der Waals surface area contributed by atoms with Crippen molar-refractivity contribution < 1.29 is 22.7 Å². The van der Waals surface area contributed by atoms with E-state index in [-0.39, 0.29) is 17.4 Å². The predicted octanol–water partition coefficient (Wildman–Crippen LogP) is 1.16. The maximum absolute atomic E-state index is 12.2. The molecule has 1 saturated heterocycles. The highest BCUT2D eigenvalue weighted by molar-refractivity contribution is 7.91. The fraction of sp³-hybridized carbons (Fsp3) is 0.533. The first kappa shape index (κ1) is 16.6. The minimum absolute atomic E-state index is 0.0268. The van der Waals surface area contributed by atoms with Gasteiger partial charge in [0.2, 0.25) is 0 Å². The number of hydrogen-bond donors (Lipinski definition) is 1. The van der Waals surface area contributed by atoms with Crippen molar-refractivity contribution in [3.05, 3.63) is 24.3 Å². The number of hydrogen-bond acceptors (Lipinski definition) is 5. The van der Waals surface area contributed by atoms with E-state index in [1.54, 1.807) is 45.2 Å². The zero-order chi connectivity index (χ0) is 16.4. The van der Waals surface area contributed by atoms with Crippen LogP contribution in [0, 0.1) is 0 Å². The third-order valence-electron chi connectivity index (χ3n) is 3.67. The average molecular weight is 327 g/mol. The highest BCUT2D eigenvalue weighted by atomic mass is 32.2. The number of benzene rings is 1. The molecule has 1 fully saturated rings.